The number of hydrogen-bond acceptors (Lipinski definition) is 3. The first kappa shape index (κ1) is 16.4. The molecule has 0 spiro atoms. The maximum atomic E-state index is 12.6. The number of aromatic amines is 1. The van der Waals surface area contributed by atoms with Crippen LogP contribution in [-0.4, -0.2) is 40.6 Å². The zero-order valence-corrected chi connectivity index (χ0v) is 12.7. The van der Waals surface area contributed by atoms with Crippen LogP contribution in [-0.2, 0) is 0 Å². The highest BCUT2D eigenvalue weighted by Gasteiger charge is 2.23. The second kappa shape index (κ2) is 6.70. The molecule has 2 N–H and O–H groups in total. The molecule has 0 aromatic carbocycles. The van der Waals surface area contributed by atoms with E-state index in [0.717, 1.165) is 0 Å². The van der Waals surface area contributed by atoms with Gasteiger partial charge < -0.3 is 15.0 Å². The van der Waals surface area contributed by atoms with Gasteiger partial charge in [-0.25, -0.2) is 0 Å². The van der Waals surface area contributed by atoms with Gasteiger partial charge in [0.25, 0.3) is 5.91 Å². The number of hydrogen-bond donors (Lipinski definition) is 2. The summed E-state index contributed by atoms with van der Waals surface area (Å²) in [5, 5.41) is 8.97. The summed E-state index contributed by atoms with van der Waals surface area (Å²) in [6.07, 6.45) is 2.01. The highest BCUT2D eigenvalue weighted by Crippen LogP contribution is 2.18. The molecule has 20 heavy (non-hydrogen) atoms. The number of H-pyrrole nitrogens is 1. The molecule has 1 amide bonds. The van der Waals surface area contributed by atoms with Crippen LogP contribution in [0.1, 0.15) is 43.1 Å². The third-order valence-electron chi connectivity index (χ3n) is 2.90. The van der Waals surface area contributed by atoms with E-state index < -0.39 is 0 Å². The van der Waals surface area contributed by atoms with E-state index in [-0.39, 0.29) is 23.5 Å². The quantitative estimate of drug-likeness (QED) is 0.859. The number of amides is 1. The SMILES string of the molecule is Cc1cc(=O)[nH]cc1C(=O)N(CCCO)CC(C)(C)C. The summed E-state index contributed by atoms with van der Waals surface area (Å²) >= 11 is 0. The molecule has 0 atom stereocenters. The zero-order valence-electron chi connectivity index (χ0n) is 12.7. The number of aryl methyl sites for hydroxylation is 1. The van der Waals surface area contributed by atoms with Crippen molar-refractivity contribution in [3.05, 3.63) is 33.7 Å². The summed E-state index contributed by atoms with van der Waals surface area (Å²) in [5.74, 6) is -0.109. The Morgan fingerprint density at radius 3 is 2.55 bits per heavy atom. The lowest BCUT2D eigenvalue weighted by Crippen LogP contribution is -2.39. The first-order chi connectivity index (χ1) is 9.24. The maximum Gasteiger partial charge on any atom is 0.255 e. The van der Waals surface area contributed by atoms with Gasteiger partial charge in [-0.15, -0.1) is 0 Å². The van der Waals surface area contributed by atoms with E-state index in [9.17, 15) is 9.59 Å². The van der Waals surface area contributed by atoms with Gasteiger partial charge in [-0.1, -0.05) is 20.8 Å². The van der Waals surface area contributed by atoms with Crippen molar-refractivity contribution in [3.63, 3.8) is 0 Å². The predicted molar refractivity (Wildman–Crippen MR) is 78.9 cm³/mol. The van der Waals surface area contributed by atoms with Crippen LogP contribution in [0.15, 0.2) is 17.1 Å². The van der Waals surface area contributed by atoms with E-state index in [4.69, 9.17) is 5.11 Å². The van der Waals surface area contributed by atoms with Crippen molar-refractivity contribution in [1.29, 1.82) is 0 Å². The average Bonchev–Trinajstić information content (AvgIpc) is 2.32. The van der Waals surface area contributed by atoms with Crippen molar-refractivity contribution in [2.75, 3.05) is 19.7 Å². The number of nitrogens with zero attached hydrogens (tertiary/aromatic N) is 1. The van der Waals surface area contributed by atoms with Gasteiger partial charge in [0.1, 0.15) is 0 Å². The first-order valence-corrected chi connectivity index (χ1v) is 6.84. The average molecular weight is 280 g/mol. The Morgan fingerprint density at radius 2 is 2.05 bits per heavy atom. The largest absolute Gasteiger partial charge is 0.396 e. The van der Waals surface area contributed by atoms with E-state index in [0.29, 0.717) is 30.6 Å². The number of nitrogens with one attached hydrogen (secondary N) is 1. The number of carbonyl (C=O) groups is 1. The molecule has 0 unspecified atom stereocenters. The van der Waals surface area contributed by atoms with Crippen LogP contribution in [0.25, 0.3) is 0 Å². The molecule has 1 rings (SSSR count). The van der Waals surface area contributed by atoms with Gasteiger partial charge in [-0.3, -0.25) is 9.59 Å². The molecule has 0 fully saturated rings. The third kappa shape index (κ3) is 4.81. The van der Waals surface area contributed by atoms with E-state index in [1.54, 1.807) is 11.8 Å². The smallest absolute Gasteiger partial charge is 0.255 e. The third-order valence-corrected chi connectivity index (χ3v) is 2.90. The molecule has 0 aliphatic heterocycles. The Morgan fingerprint density at radius 1 is 1.40 bits per heavy atom. The molecule has 5 heteroatoms. The van der Waals surface area contributed by atoms with Gasteiger partial charge >= 0.3 is 0 Å². The topological polar surface area (TPSA) is 73.4 Å². The highest BCUT2D eigenvalue weighted by molar-refractivity contribution is 5.95. The van der Waals surface area contributed by atoms with Crippen molar-refractivity contribution >= 4 is 5.91 Å². The molecule has 0 radical (unpaired) electrons. The van der Waals surface area contributed by atoms with Crippen LogP contribution in [0.4, 0.5) is 0 Å². The molecular formula is C15H24N2O3. The van der Waals surface area contributed by atoms with Crippen LogP contribution < -0.4 is 5.56 Å². The fraction of sp³-hybridized carbons (Fsp3) is 0.600. The summed E-state index contributed by atoms with van der Waals surface area (Å²) in [5.41, 5.74) is 0.937. The standard InChI is InChI=1S/C15H24N2O3/c1-11-8-13(19)16-9-12(11)14(20)17(6-5-7-18)10-15(2,3)4/h8-9,18H,5-7,10H2,1-4H3,(H,16,19). The molecule has 0 aliphatic carbocycles. The molecule has 0 bridgehead atoms. The van der Waals surface area contributed by atoms with Crippen LogP contribution in [0.2, 0.25) is 0 Å². The number of aliphatic hydroxyl groups is 1. The van der Waals surface area contributed by atoms with Crippen LogP contribution >= 0.6 is 0 Å². The minimum Gasteiger partial charge on any atom is -0.396 e. The van der Waals surface area contributed by atoms with Crippen molar-refractivity contribution in [2.24, 2.45) is 5.41 Å². The summed E-state index contributed by atoms with van der Waals surface area (Å²) in [6.45, 7) is 9.10. The van der Waals surface area contributed by atoms with Gasteiger partial charge in [0.2, 0.25) is 5.56 Å². The summed E-state index contributed by atoms with van der Waals surface area (Å²) < 4.78 is 0. The monoisotopic (exact) mass is 280 g/mol. The van der Waals surface area contributed by atoms with E-state index in [2.05, 4.69) is 25.8 Å². The highest BCUT2D eigenvalue weighted by atomic mass is 16.3. The normalized spacial score (nSPS) is 11.4. The van der Waals surface area contributed by atoms with Crippen molar-refractivity contribution in [3.8, 4) is 0 Å². The molecule has 0 saturated heterocycles. The molecule has 0 saturated carbocycles. The number of carbonyl (C=O) groups excluding carboxylic acids is 1. The lowest BCUT2D eigenvalue weighted by molar-refractivity contribution is 0.0681. The Hall–Kier alpha value is -1.62. The summed E-state index contributed by atoms with van der Waals surface area (Å²) in [4.78, 5) is 28.1. The minimum absolute atomic E-state index is 0.0266. The van der Waals surface area contributed by atoms with Gasteiger partial charge in [0.05, 0.1) is 5.56 Å². The minimum atomic E-state index is -0.211. The van der Waals surface area contributed by atoms with Crippen molar-refractivity contribution < 1.29 is 9.90 Å². The predicted octanol–water partition coefficient (Wildman–Crippen LogP) is 1.55. The molecular weight excluding hydrogens is 256 g/mol. The fourth-order valence-electron chi connectivity index (χ4n) is 2.06. The van der Waals surface area contributed by atoms with Crippen molar-refractivity contribution in [1.82, 2.24) is 9.88 Å². The fourth-order valence-corrected chi connectivity index (χ4v) is 2.06. The van der Waals surface area contributed by atoms with Gasteiger partial charge in [-0.2, -0.15) is 0 Å². The van der Waals surface area contributed by atoms with E-state index in [1.165, 1.54) is 12.3 Å². The molecule has 0 aliphatic rings. The van der Waals surface area contributed by atoms with E-state index in [1.807, 2.05) is 0 Å². The van der Waals surface area contributed by atoms with Crippen LogP contribution in [0.5, 0.6) is 0 Å². The summed E-state index contributed by atoms with van der Waals surface area (Å²) in [7, 11) is 0. The molecule has 1 heterocycles. The van der Waals surface area contributed by atoms with Crippen LogP contribution in [0.3, 0.4) is 0 Å². The maximum absolute atomic E-state index is 12.6. The van der Waals surface area contributed by atoms with Gasteiger partial charge in [0.15, 0.2) is 0 Å². The Bertz CT molecular complexity index is 515. The summed E-state index contributed by atoms with van der Waals surface area (Å²) in [6, 6.07) is 1.43. The molecule has 1 aromatic rings. The van der Waals surface area contributed by atoms with Gasteiger partial charge in [-0.05, 0) is 24.3 Å². The number of aliphatic hydroxyl groups excluding tert-OH is 1. The lowest BCUT2D eigenvalue weighted by atomic mass is 9.95. The van der Waals surface area contributed by atoms with Crippen LogP contribution in [0, 0.1) is 12.3 Å². The number of aromatic nitrogens is 1. The molecule has 5 nitrogen and oxygen atoms in total. The second-order valence-corrected chi connectivity index (χ2v) is 6.26. The van der Waals surface area contributed by atoms with E-state index >= 15 is 0 Å². The Kier molecular flexibility index (Phi) is 5.51. The molecule has 112 valence electrons. The lowest BCUT2D eigenvalue weighted by Gasteiger charge is -2.30. The number of rotatable bonds is 5. The number of pyridine rings is 1. The first-order valence-electron chi connectivity index (χ1n) is 6.84. The Balaban J connectivity index is 2.99. The Labute approximate surface area is 119 Å². The zero-order chi connectivity index (χ0) is 15.3. The second-order valence-electron chi connectivity index (χ2n) is 6.26. The van der Waals surface area contributed by atoms with Gasteiger partial charge in [0, 0.05) is 32.0 Å². The van der Waals surface area contributed by atoms with Crippen molar-refractivity contribution in [2.45, 2.75) is 34.1 Å². The molecule has 1 aromatic heterocycles.